The van der Waals surface area contributed by atoms with Crippen LogP contribution in [0.2, 0.25) is 0 Å². The van der Waals surface area contributed by atoms with E-state index in [4.69, 9.17) is 5.11 Å². The van der Waals surface area contributed by atoms with E-state index in [1.165, 1.54) is 0 Å². The maximum atomic E-state index is 11.3. The number of nitrogens with zero attached hydrogens (tertiary/aromatic N) is 2. The second-order valence-corrected chi connectivity index (χ2v) is 3.92. The van der Waals surface area contributed by atoms with Crippen LogP contribution in [0.1, 0.15) is 5.69 Å². The Hall–Kier alpha value is -2.42. The average Bonchev–Trinajstić information content (AvgIpc) is 2.74. The van der Waals surface area contributed by atoms with Crippen LogP contribution >= 0.6 is 0 Å². The topological polar surface area (TPSA) is 123 Å². The zero-order chi connectivity index (χ0) is 15.0. The van der Waals surface area contributed by atoms with Crippen LogP contribution in [-0.2, 0) is 27.8 Å². The fourth-order valence-electron chi connectivity index (χ4n) is 1.34. The number of aromatic nitrogens is 2. The minimum atomic E-state index is -1.18. The minimum Gasteiger partial charge on any atom is -0.480 e. The number of carboxylic acids is 1. The number of nitrogens with one attached hydrogen (secondary N) is 2. The highest BCUT2D eigenvalue weighted by atomic mass is 16.5. The lowest BCUT2D eigenvalue weighted by atomic mass is 10.3. The number of rotatable bonds is 7. The third-order valence-corrected chi connectivity index (χ3v) is 2.15. The van der Waals surface area contributed by atoms with E-state index in [0.717, 1.165) is 5.69 Å². The number of imide groups is 1. The Morgan fingerprint density at radius 2 is 2.15 bits per heavy atom. The summed E-state index contributed by atoms with van der Waals surface area (Å²) in [4.78, 5) is 32.6. The van der Waals surface area contributed by atoms with Gasteiger partial charge in [-0.2, -0.15) is 5.10 Å². The Balaban J connectivity index is 2.13. The summed E-state index contributed by atoms with van der Waals surface area (Å²) in [5.41, 5.74) is 0.823. The Bertz CT molecular complexity index is 485. The van der Waals surface area contributed by atoms with Crippen LogP contribution in [0.5, 0.6) is 0 Å². The molecule has 1 aromatic heterocycles. The van der Waals surface area contributed by atoms with Gasteiger partial charge in [0.05, 0.1) is 5.69 Å². The first-order valence-corrected chi connectivity index (χ1v) is 5.83. The van der Waals surface area contributed by atoms with Gasteiger partial charge in [0.15, 0.2) is 0 Å². The molecule has 110 valence electrons. The monoisotopic (exact) mass is 284 g/mol. The molecule has 9 nitrogen and oxygen atoms in total. The molecule has 0 fully saturated rings. The van der Waals surface area contributed by atoms with Crippen molar-refractivity contribution in [2.75, 3.05) is 19.8 Å². The summed E-state index contributed by atoms with van der Waals surface area (Å²) in [5, 5.41) is 16.9. The number of aryl methyl sites for hydroxylation is 1. The van der Waals surface area contributed by atoms with Gasteiger partial charge in [0, 0.05) is 26.2 Å². The molecule has 0 aliphatic heterocycles. The second kappa shape index (κ2) is 7.89. The molecule has 0 spiro atoms. The standard InChI is InChI=1S/C11H16N4O5/c1-15-5-3-8(14-15)2-4-12-11(19)13-9(16)6-20-7-10(17)18/h3,5H,2,4,6-7H2,1H3,(H,17,18)(H2,12,13,16,19). The molecule has 0 radical (unpaired) electrons. The van der Waals surface area contributed by atoms with Crippen molar-refractivity contribution in [2.45, 2.75) is 6.42 Å². The van der Waals surface area contributed by atoms with Gasteiger partial charge in [-0.3, -0.25) is 14.8 Å². The lowest BCUT2D eigenvalue weighted by Crippen LogP contribution is -2.42. The van der Waals surface area contributed by atoms with Crippen molar-refractivity contribution in [1.82, 2.24) is 20.4 Å². The molecule has 9 heteroatoms. The quantitative estimate of drug-likeness (QED) is 0.583. The van der Waals surface area contributed by atoms with Gasteiger partial charge < -0.3 is 15.2 Å². The molecule has 0 aliphatic rings. The molecule has 0 saturated carbocycles. The predicted octanol–water partition coefficient (Wildman–Crippen LogP) is -1.11. The zero-order valence-corrected chi connectivity index (χ0v) is 11.0. The van der Waals surface area contributed by atoms with Crippen LogP contribution in [-0.4, -0.2) is 52.6 Å². The summed E-state index contributed by atoms with van der Waals surface area (Å²) >= 11 is 0. The molecule has 0 saturated heterocycles. The molecular weight excluding hydrogens is 268 g/mol. The summed E-state index contributed by atoms with van der Waals surface area (Å²) in [7, 11) is 1.79. The van der Waals surface area contributed by atoms with Gasteiger partial charge in [-0.25, -0.2) is 9.59 Å². The van der Waals surface area contributed by atoms with Gasteiger partial charge in [0.25, 0.3) is 5.91 Å². The number of urea groups is 1. The van der Waals surface area contributed by atoms with E-state index >= 15 is 0 Å². The van der Waals surface area contributed by atoms with Crippen LogP contribution in [0.25, 0.3) is 0 Å². The molecule has 1 rings (SSSR count). The van der Waals surface area contributed by atoms with E-state index in [0.29, 0.717) is 13.0 Å². The molecule has 0 aliphatic carbocycles. The third-order valence-electron chi connectivity index (χ3n) is 2.15. The molecule has 3 amide bonds. The Morgan fingerprint density at radius 1 is 1.40 bits per heavy atom. The first kappa shape index (κ1) is 15.6. The summed E-state index contributed by atoms with van der Waals surface area (Å²) in [6.07, 6.45) is 2.33. The Labute approximate surface area is 114 Å². The van der Waals surface area contributed by atoms with Gasteiger partial charge in [0.2, 0.25) is 0 Å². The lowest BCUT2D eigenvalue weighted by molar-refractivity contribution is -0.143. The van der Waals surface area contributed by atoms with Crippen molar-refractivity contribution in [2.24, 2.45) is 7.05 Å². The average molecular weight is 284 g/mol. The normalized spacial score (nSPS) is 10.1. The molecule has 0 atom stereocenters. The Kier molecular flexibility index (Phi) is 6.17. The summed E-state index contributed by atoms with van der Waals surface area (Å²) in [5.74, 6) is -1.89. The highest BCUT2D eigenvalue weighted by Gasteiger charge is 2.08. The SMILES string of the molecule is Cn1ccc(CCNC(=O)NC(=O)COCC(=O)O)n1. The molecule has 1 aromatic rings. The van der Waals surface area contributed by atoms with Crippen LogP contribution in [0, 0.1) is 0 Å². The third kappa shape index (κ3) is 6.50. The van der Waals surface area contributed by atoms with E-state index < -0.39 is 31.1 Å². The first-order valence-electron chi connectivity index (χ1n) is 5.83. The number of amides is 3. The highest BCUT2D eigenvalue weighted by molar-refractivity contribution is 5.94. The van der Waals surface area contributed by atoms with E-state index in [9.17, 15) is 14.4 Å². The van der Waals surface area contributed by atoms with Crippen molar-refractivity contribution < 1.29 is 24.2 Å². The van der Waals surface area contributed by atoms with Crippen molar-refractivity contribution in [3.8, 4) is 0 Å². The Morgan fingerprint density at radius 3 is 2.75 bits per heavy atom. The molecule has 20 heavy (non-hydrogen) atoms. The van der Waals surface area contributed by atoms with Crippen molar-refractivity contribution in [3.63, 3.8) is 0 Å². The molecule has 1 heterocycles. The van der Waals surface area contributed by atoms with E-state index in [2.05, 4.69) is 15.2 Å². The highest BCUT2D eigenvalue weighted by Crippen LogP contribution is 1.93. The summed E-state index contributed by atoms with van der Waals surface area (Å²) in [6, 6.07) is 1.16. The maximum Gasteiger partial charge on any atom is 0.329 e. The molecule has 3 N–H and O–H groups in total. The minimum absolute atomic E-state index is 0.326. The van der Waals surface area contributed by atoms with Crippen LogP contribution < -0.4 is 10.6 Å². The van der Waals surface area contributed by atoms with Gasteiger partial charge in [-0.15, -0.1) is 0 Å². The van der Waals surface area contributed by atoms with Gasteiger partial charge >= 0.3 is 12.0 Å². The van der Waals surface area contributed by atoms with E-state index in [1.807, 2.05) is 11.4 Å². The molecule has 0 bridgehead atoms. The predicted molar refractivity (Wildman–Crippen MR) is 66.9 cm³/mol. The second-order valence-electron chi connectivity index (χ2n) is 3.92. The van der Waals surface area contributed by atoms with Gasteiger partial charge in [-0.05, 0) is 6.07 Å². The van der Waals surface area contributed by atoms with Gasteiger partial charge in [-0.1, -0.05) is 0 Å². The first-order chi connectivity index (χ1) is 9.47. The summed E-state index contributed by atoms with van der Waals surface area (Å²) in [6.45, 7) is -0.749. The summed E-state index contributed by atoms with van der Waals surface area (Å²) < 4.78 is 6.18. The fourth-order valence-corrected chi connectivity index (χ4v) is 1.34. The van der Waals surface area contributed by atoms with Crippen LogP contribution in [0.15, 0.2) is 12.3 Å². The molecule has 0 unspecified atom stereocenters. The lowest BCUT2D eigenvalue weighted by Gasteiger charge is -2.05. The molecular formula is C11H16N4O5. The van der Waals surface area contributed by atoms with E-state index in [1.54, 1.807) is 17.9 Å². The number of carbonyl (C=O) groups excluding carboxylic acids is 2. The smallest absolute Gasteiger partial charge is 0.329 e. The number of hydrogen-bond acceptors (Lipinski definition) is 5. The largest absolute Gasteiger partial charge is 0.480 e. The van der Waals surface area contributed by atoms with E-state index in [-0.39, 0.29) is 0 Å². The zero-order valence-electron chi connectivity index (χ0n) is 11.0. The van der Waals surface area contributed by atoms with Gasteiger partial charge in [0.1, 0.15) is 13.2 Å². The van der Waals surface area contributed by atoms with Crippen molar-refractivity contribution >= 4 is 17.9 Å². The number of aliphatic carboxylic acids is 1. The van der Waals surface area contributed by atoms with Crippen LogP contribution in [0.3, 0.4) is 0 Å². The number of carboxylic acid groups (broad SMARTS) is 1. The van der Waals surface area contributed by atoms with Crippen LogP contribution in [0.4, 0.5) is 4.79 Å². The fraction of sp³-hybridized carbons (Fsp3) is 0.455. The van der Waals surface area contributed by atoms with Crippen molar-refractivity contribution in [1.29, 1.82) is 0 Å². The maximum absolute atomic E-state index is 11.3. The molecule has 0 aromatic carbocycles. The number of hydrogen-bond donors (Lipinski definition) is 3. The van der Waals surface area contributed by atoms with Crippen molar-refractivity contribution in [3.05, 3.63) is 18.0 Å². The number of carbonyl (C=O) groups is 3. The number of ether oxygens (including phenoxy) is 1.